The Morgan fingerprint density at radius 2 is 1.74 bits per heavy atom. The molecule has 2 aromatic carbocycles. The number of halogens is 3. The van der Waals surface area contributed by atoms with Crippen LogP contribution < -0.4 is 4.74 Å². The quantitative estimate of drug-likeness (QED) is 0.229. The van der Waals surface area contributed by atoms with Crippen molar-refractivity contribution in [3.63, 3.8) is 0 Å². The van der Waals surface area contributed by atoms with Gasteiger partial charge < -0.3 is 14.2 Å². The van der Waals surface area contributed by atoms with Crippen LogP contribution in [0.2, 0.25) is 0 Å². The molecule has 0 bridgehead atoms. The highest BCUT2D eigenvalue weighted by Crippen LogP contribution is 2.45. The number of benzene rings is 2. The molecule has 7 nitrogen and oxygen atoms in total. The van der Waals surface area contributed by atoms with Crippen LogP contribution in [-0.2, 0) is 27.6 Å². The van der Waals surface area contributed by atoms with Gasteiger partial charge in [-0.3, -0.25) is 4.90 Å². The molecule has 1 aliphatic heterocycles. The zero-order valence-electron chi connectivity index (χ0n) is 24.9. The van der Waals surface area contributed by atoms with E-state index < -0.39 is 34.7 Å². The average molecular weight is 606 g/mol. The summed E-state index contributed by atoms with van der Waals surface area (Å²) >= 11 is 1.11. The van der Waals surface area contributed by atoms with Crippen LogP contribution in [-0.4, -0.2) is 45.7 Å². The number of nitrogens with zero attached hydrogens (tertiary/aromatic N) is 3. The van der Waals surface area contributed by atoms with E-state index in [2.05, 4.69) is 22.3 Å². The minimum absolute atomic E-state index is 0.125. The van der Waals surface area contributed by atoms with E-state index in [1.165, 1.54) is 16.5 Å². The number of carbonyl (C=O) groups excluding carboxylic acids is 1. The molecule has 1 amide bonds. The molecule has 0 spiro atoms. The molecule has 1 saturated heterocycles. The summed E-state index contributed by atoms with van der Waals surface area (Å²) in [6.07, 6.45) is -1.84. The molecule has 0 radical (unpaired) electrons. The monoisotopic (exact) mass is 605 g/mol. The van der Waals surface area contributed by atoms with Gasteiger partial charge in [0.25, 0.3) is 0 Å². The first kappa shape index (κ1) is 31.7. The van der Waals surface area contributed by atoms with Gasteiger partial charge in [0.05, 0.1) is 18.8 Å². The van der Waals surface area contributed by atoms with Crippen LogP contribution in [0.1, 0.15) is 76.9 Å². The number of aromatic nitrogens is 2. The minimum atomic E-state index is -4.62. The highest BCUT2D eigenvalue weighted by atomic mass is 32.1. The molecule has 0 saturated carbocycles. The molecule has 1 fully saturated rings. The summed E-state index contributed by atoms with van der Waals surface area (Å²) in [5.74, 6) is -0.215. The lowest BCUT2D eigenvalue weighted by Crippen LogP contribution is -2.54. The van der Waals surface area contributed by atoms with Crippen LogP contribution in [0.25, 0.3) is 10.6 Å². The molecular formula is C31H38F3N3O4S. The van der Waals surface area contributed by atoms with Crippen molar-refractivity contribution in [3.05, 3.63) is 64.7 Å². The van der Waals surface area contributed by atoms with E-state index in [0.29, 0.717) is 11.4 Å². The van der Waals surface area contributed by atoms with Gasteiger partial charge in [-0.05, 0) is 91.0 Å². The molecule has 228 valence electrons. The third-order valence-corrected chi connectivity index (χ3v) is 8.17. The van der Waals surface area contributed by atoms with Crippen molar-refractivity contribution >= 4 is 17.4 Å². The number of alkyl halides is 3. The second-order valence-corrected chi connectivity index (χ2v) is 13.1. The number of unbranched alkanes of at least 4 members (excludes halogenated alkanes) is 2. The minimum Gasteiger partial charge on any atom is -0.493 e. The topological polar surface area (TPSA) is 73.8 Å². The summed E-state index contributed by atoms with van der Waals surface area (Å²) in [7, 11) is 0. The number of hydrogen-bond acceptors (Lipinski definition) is 7. The van der Waals surface area contributed by atoms with E-state index in [1.807, 2.05) is 18.2 Å². The smallest absolute Gasteiger partial charge is 0.419 e. The van der Waals surface area contributed by atoms with E-state index in [4.69, 9.17) is 14.2 Å². The van der Waals surface area contributed by atoms with Gasteiger partial charge in [-0.2, -0.15) is 13.2 Å². The SMILES string of the molecule is CC(C)(C)OC(=O)N1C(C)(C)OCC1(C)c1nnc(-c2ccc(OCCCCCc3ccccc3)c(C(F)(F)F)c2)s1. The molecule has 11 heteroatoms. The summed E-state index contributed by atoms with van der Waals surface area (Å²) in [5.41, 5.74) is -2.13. The van der Waals surface area contributed by atoms with Gasteiger partial charge >= 0.3 is 12.3 Å². The molecule has 1 atom stereocenters. The Hall–Kier alpha value is -3.18. The van der Waals surface area contributed by atoms with Crippen molar-refractivity contribution in [3.8, 4) is 16.3 Å². The van der Waals surface area contributed by atoms with Crippen LogP contribution in [0.15, 0.2) is 48.5 Å². The van der Waals surface area contributed by atoms with Gasteiger partial charge in [0.2, 0.25) is 0 Å². The predicted octanol–water partition coefficient (Wildman–Crippen LogP) is 8.23. The zero-order valence-corrected chi connectivity index (χ0v) is 25.7. The molecule has 0 aliphatic carbocycles. The first-order valence-corrected chi connectivity index (χ1v) is 14.8. The van der Waals surface area contributed by atoms with Gasteiger partial charge in [0.1, 0.15) is 32.6 Å². The number of ether oxygens (including phenoxy) is 3. The highest BCUT2D eigenvalue weighted by Gasteiger charge is 2.55. The van der Waals surface area contributed by atoms with Crippen molar-refractivity contribution in [1.82, 2.24) is 15.1 Å². The number of amides is 1. The second-order valence-electron chi connectivity index (χ2n) is 12.1. The lowest BCUT2D eigenvalue weighted by atomic mass is 10.0. The number of carbonyl (C=O) groups is 1. The summed E-state index contributed by atoms with van der Waals surface area (Å²) in [4.78, 5) is 14.7. The normalized spacial score (nSPS) is 18.7. The Labute approximate surface area is 249 Å². The maximum Gasteiger partial charge on any atom is 0.419 e. The van der Waals surface area contributed by atoms with Crippen LogP contribution in [0.4, 0.5) is 18.0 Å². The van der Waals surface area contributed by atoms with Crippen molar-refractivity contribution in [2.75, 3.05) is 13.2 Å². The van der Waals surface area contributed by atoms with E-state index in [9.17, 15) is 18.0 Å². The van der Waals surface area contributed by atoms with Crippen molar-refractivity contribution in [1.29, 1.82) is 0 Å². The molecule has 42 heavy (non-hydrogen) atoms. The number of rotatable bonds is 9. The van der Waals surface area contributed by atoms with Gasteiger partial charge in [-0.15, -0.1) is 10.2 Å². The Morgan fingerprint density at radius 3 is 2.40 bits per heavy atom. The van der Waals surface area contributed by atoms with Crippen LogP contribution in [0.3, 0.4) is 0 Å². The Kier molecular flexibility index (Phi) is 9.22. The molecule has 1 aromatic heterocycles. The van der Waals surface area contributed by atoms with Crippen molar-refractivity contribution in [2.24, 2.45) is 0 Å². The molecule has 4 rings (SSSR count). The number of aryl methyl sites for hydroxylation is 1. The predicted molar refractivity (Wildman–Crippen MR) is 155 cm³/mol. The fourth-order valence-electron chi connectivity index (χ4n) is 4.93. The second kappa shape index (κ2) is 12.2. The number of hydrogen-bond donors (Lipinski definition) is 0. The van der Waals surface area contributed by atoms with Crippen LogP contribution >= 0.6 is 11.3 Å². The van der Waals surface area contributed by atoms with Gasteiger partial charge in [0, 0.05) is 5.56 Å². The van der Waals surface area contributed by atoms with Gasteiger partial charge in [-0.25, -0.2) is 4.79 Å². The van der Waals surface area contributed by atoms with E-state index >= 15 is 0 Å². The molecule has 2 heterocycles. The van der Waals surface area contributed by atoms with E-state index in [1.54, 1.807) is 47.6 Å². The standard InChI is InChI=1S/C31H38F3N3O4S/c1-28(2,3)41-27(38)37-29(4,5)40-20-30(37,6)26-36-35-25(42-26)22-16-17-24(23(19-22)31(32,33)34)39-18-12-8-11-15-21-13-9-7-10-14-21/h7,9-10,13-14,16-17,19H,8,11-12,15,18,20H2,1-6H3. The van der Waals surface area contributed by atoms with Gasteiger partial charge in [0.15, 0.2) is 0 Å². The van der Waals surface area contributed by atoms with Crippen molar-refractivity contribution < 1.29 is 32.2 Å². The Balaban J connectivity index is 1.48. The van der Waals surface area contributed by atoms with E-state index in [0.717, 1.165) is 36.7 Å². The summed E-state index contributed by atoms with van der Waals surface area (Å²) < 4.78 is 59.3. The maximum absolute atomic E-state index is 14.0. The average Bonchev–Trinajstić information content (AvgIpc) is 3.48. The van der Waals surface area contributed by atoms with Crippen molar-refractivity contribution in [2.45, 2.75) is 90.3 Å². The molecule has 0 N–H and O–H groups in total. The van der Waals surface area contributed by atoms with Crippen LogP contribution in [0.5, 0.6) is 5.75 Å². The van der Waals surface area contributed by atoms with Crippen LogP contribution in [0, 0.1) is 0 Å². The lowest BCUT2D eigenvalue weighted by Gasteiger charge is -2.39. The molecule has 3 aromatic rings. The zero-order chi connectivity index (χ0) is 30.8. The summed E-state index contributed by atoms with van der Waals surface area (Å²) in [5, 5.41) is 9.19. The summed E-state index contributed by atoms with van der Waals surface area (Å²) in [6, 6.07) is 14.0. The third kappa shape index (κ3) is 7.42. The third-order valence-electron chi connectivity index (χ3n) is 6.94. The first-order chi connectivity index (χ1) is 19.6. The first-order valence-electron chi connectivity index (χ1n) is 14.0. The Morgan fingerprint density at radius 1 is 1.02 bits per heavy atom. The highest BCUT2D eigenvalue weighted by molar-refractivity contribution is 7.14. The summed E-state index contributed by atoms with van der Waals surface area (Å²) in [6.45, 7) is 10.9. The molecule has 1 aliphatic rings. The largest absolute Gasteiger partial charge is 0.493 e. The van der Waals surface area contributed by atoms with E-state index in [-0.39, 0.29) is 29.5 Å². The Bertz CT molecular complexity index is 1370. The van der Waals surface area contributed by atoms with Gasteiger partial charge in [-0.1, -0.05) is 41.7 Å². The maximum atomic E-state index is 14.0. The lowest BCUT2D eigenvalue weighted by molar-refractivity contribution is -0.138. The molecule has 1 unspecified atom stereocenters. The molecular weight excluding hydrogens is 567 g/mol. The fraction of sp³-hybridized carbons (Fsp3) is 0.516. The fourth-order valence-corrected chi connectivity index (χ4v) is 5.89.